The number of carbonyl (C=O) groups excluding carboxylic acids is 1. The summed E-state index contributed by atoms with van der Waals surface area (Å²) in [6.07, 6.45) is 1.66. The van der Waals surface area contributed by atoms with Crippen LogP contribution in [0, 0.1) is 0 Å². The van der Waals surface area contributed by atoms with Crippen molar-refractivity contribution in [3.63, 3.8) is 0 Å². The molecule has 0 bridgehead atoms. The van der Waals surface area contributed by atoms with Gasteiger partial charge in [-0.15, -0.1) is 0 Å². The van der Waals surface area contributed by atoms with Crippen molar-refractivity contribution in [2.24, 2.45) is 0 Å². The first kappa shape index (κ1) is 29.2. The van der Waals surface area contributed by atoms with Gasteiger partial charge < -0.3 is 15.5 Å². The molecule has 0 radical (unpaired) electrons. The van der Waals surface area contributed by atoms with Crippen LogP contribution in [-0.2, 0) is 12.0 Å². The number of likely N-dealkylation sites (tertiary alicyclic amines) is 1. The van der Waals surface area contributed by atoms with E-state index in [1.807, 2.05) is 27.8 Å². The summed E-state index contributed by atoms with van der Waals surface area (Å²) in [5.41, 5.74) is 0.626. The second-order valence-corrected chi connectivity index (χ2v) is 10.7. The van der Waals surface area contributed by atoms with E-state index in [0.717, 1.165) is 19.5 Å². The average molecular weight is 531 g/mol. The van der Waals surface area contributed by atoms with Crippen LogP contribution < -0.4 is 10.6 Å². The van der Waals surface area contributed by atoms with Crippen molar-refractivity contribution in [1.29, 1.82) is 0 Å². The van der Waals surface area contributed by atoms with E-state index in [1.165, 1.54) is 12.3 Å². The lowest BCUT2D eigenvalue weighted by Gasteiger charge is -2.21. The standard InChI is InChI=1S/C28H37F3N6O/c1-8-23-24(19(3)34-22-11-13-36(7)17-22)14-21(35-25(23)18(2)28(29,30)31)10-9-12-32-26(38)20-15-33-37(16-20)27(4,5)6/h8,14-16,22,34H,1-3,9-13,17H2,4-7H3,(H,32,38). The van der Waals surface area contributed by atoms with E-state index in [0.29, 0.717) is 41.9 Å². The Bertz CT molecular complexity index is 1210. The quantitative estimate of drug-likeness (QED) is 0.429. The van der Waals surface area contributed by atoms with Gasteiger partial charge in [-0.1, -0.05) is 25.8 Å². The third-order valence-electron chi connectivity index (χ3n) is 6.47. The topological polar surface area (TPSA) is 75.1 Å². The van der Waals surface area contributed by atoms with Gasteiger partial charge in [0.2, 0.25) is 0 Å². The lowest BCUT2D eigenvalue weighted by atomic mass is 9.97. The lowest BCUT2D eigenvalue weighted by molar-refractivity contribution is -0.0689. The number of nitrogens with zero attached hydrogens (tertiary/aromatic N) is 4. The van der Waals surface area contributed by atoms with Gasteiger partial charge in [0.25, 0.3) is 5.91 Å². The highest BCUT2D eigenvalue weighted by Gasteiger charge is 2.36. The molecule has 1 aliphatic heterocycles. The number of hydrogen-bond acceptors (Lipinski definition) is 5. The van der Waals surface area contributed by atoms with Gasteiger partial charge in [-0.2, -0.15) is 18.3 Å². The monoisotopic (exact) mass is 530 g/mol. The minimum absolute atomic E-state index is 0.147. The molecule has 7 nitrogen and oxygen atoms in total. The zero-order valence-corrected chi connectivity index (χ0v) is 22.6. The average Bonchev–Trinajstić information content (AvgIpc) is 3.49. The molecule has 1 atom stereocenters. The summed E-state index contributed by atoms with van der Waals surface area (Å²) in [6, 6.07) is 1.89. The summed E-state index contributed by atoms with van der Waals surface area (Å²) < 4.78 is 42.7. The van der Waals surface area contributed by atoms with Gasteiger partial charge in [-0.3, -0.25) is 14.5 Å². The van der Waals surface area contributed by atoms with Gasteiger partial charge in [-0.05, 0) is 59.7 Å². The Morgan fingerprint density at radius 2 is 1.97 bits per heavy atom. The predicted molar refractivity (Wildman–Crippen MR) is 145 cm³/mol. The molecule has 1 saturated heterocycles. The molecule has 0 aliphatic carbocycles. The van der Waals surface area contributed by atoms with Crippen LogP contribution in [0.4, 0.5) is 13.2 Å². The first-order chi connectivity index (χ1) is 17.7. The van der Waals surface area contributed by atoms with Crippen molar-refractivity contribution in [2.75, 3.05) is 26.7 Å². The third-order valence-corrected chi connectivity index (χ3v) is 6.47. The molecule has 3 heterocycles. The Kier molecular flexibility index (Phi) is 8.86. The Morgan fingerprint density at radius 1 is 1.26 bits per heavy atom. The maximum Gasteiger partial charge on any atom is 0.417 e. The molecule has 2 aromatic rings. The first-order valence-electron chi connectivity index (χ1n) is 12.6. The fourth-order valence-corrected chi connectivity index (χ4v) is 4.31. The van der Waals surface area contributed by atoms with E-state index < -0.39 is 11.7 Å². The second-order valence-electron chi connectivity index (χ2n) is 10.7. The summed E-state index contributed by atoms with van der Waals surface area (Å²) in [4.78, 5) is 19.0. The number of carbonyl (C=O) groups is 1. The van der Waals surface area contributed by atoms with Crippen LogP contribution in [0.3, 0.4) is 0 Å². The number of halogens is 3. The fraction of sp³-hybridized carbons (Fsp3) is 0.464. The molecule has 10 heteroatoms. The van der Waals surface area contributed by atoms with E-state index in [1.54, 1.807) is 16.9 Å². The molecule has 0 saturated carbocycles. The SMILES string of the molecule is C=Cc1c(C(=C)NC2CCN(C)C2)cc(CCCNC(=O)c2cnn(C(C)(C)C)c2)nc1C(=C)C(F)(F)F. The van der Waals surface area contributed by atoms with Gasteiger partial charge in [0.1, 0.15) is 0 Å². The third kappa shape index (κ3) is 7.12. The summed E-state index contributed by atoms with van der Waals surface area (Å²) >= 11 is 0. The van der Waals surface area contributed by atoms with Crippen molar-refractivity contribution in [3.05, 3.63) is 66.3 Å². The van der Waals surface area contributed by atoms with Gasteiger partial charge in [0.05, 0.1) is 28.6 Å². The van der Waals surface area contributed by atoms with Crippen LogP contribution in [0.1, 0.15) is 66.5 Å². The molecule has 2 aromatic heterocycles. The van der Waals surface area contributed by atoms with Crippen molar-refractivity contribution in [3.8, 4) is 0 Å². The smallest absolute Gasteiger partial charge is 0.381 e. The zero-order valence-electron chi connectivity index (χ0n) is 22.6. The number of aryl methyl sites for hydroxylation is 1. The number of hydrogen-bond donors (Lipinski definition) is 2. The minimum Gasteiger partial charge on any atom is -0.381 e. The second kappa shape index (κ2) is 11.6. The molecule has 1 fully saturated rings. The molecule has 206 valence electrons. The number of aromatic nitrogens is 3. The number of nitrogens with one attached hydrogen (secondary N) is 2. The molecular weight excluding hydrogens is 493 g/mol. The van der Waals surface area contributed by atoms with Crippen LogP contribution in [-0.4, -0.2) is 64.5 Å². The Hall–Kier alpha value is -3.40. The largest absolute Gasteiger partial charge is 0.417 e. The highest BCUT2D eigenvalue weighted by molar-refractivity contribution is 5.93. The first-order valence-corrected chi connectivity index (χ1v) is 12.6. The Balaban J connectivity index is 1.76. The zero-order chi connectivity index (χ0) is 28.3. The summed E-state index contributed by atoms with van der Waals surface area (Å²) in [5.74, 6) is -0.263. The highest BCUT2D eigenvalue weighted by Crippen LogP contribution is 2.36. The highest BCUT2D eigenvalue weighted by atomic mass is 19.4. The predicted octanol–water partition coefficient (Wildman–Crippen LogP) is 4.88. The molecule has 38 heavy (non-hydrogen) atoms. The number of rotatable bonds is 10. The molecule has 1 unspecified atom stereocenters. The summed E-state index contributed by atoms with van der Waals surface area (Å²) in [7, 11) is 2.02. The van der Waals surface area contributed by atoms with Crippen molar-refractivity contribution < 1.29 is 18.0 Å². The Morgan fingerprint density at radius 3 is 2.53 bits per heavy atom. The van der Waals surface area contributed by atoms with E-state index in [9.17, 15) is 18.0 Å². The molecule has 1 amide bonds. The van der Waals surface area contributed by atoms with E-state index in [-0.39, 0.29) is 28.7 Å². The van der Waals surface area contributed by atoms with Crippen LogP contribution in [0.2, 0.25) is 0 Å². The van der Waals surface area contributed by atoms with Gasteiger partial charge in [0, 0.05) is 47.8 Å². The van der Waals surface area contributed by atoms with Crippen LogP contribution in [0.15, 0.2) is 38.2 Å². The van der Waals surface area contributed by atoms with Crippen LogP contribution >= 0.6 is 0 Å². The molecule has 2 N–H and O–H groups in total. The summed E-state index contributed by atoms with van der Waals surface area (Å²) in [5, 5.41) is 10.4. The van der Waals surface area contributed by atoms with Crippen LogP contribution in [0.25, 0.3) is 17.3 Å². The number of allylic oxidation sites excluding steroid dienone is 1. The summed E-state index contributed by atoms with van der Waals surface area (Å²) in [6.45, 7) is 19.1. The maximum atomic E-state index is 13.6. The molecule has 0 aromatic carbocycles. The molecule has 3 rings (SSSR count). The van der Waals surface area contributed by atoms with E-state index in [4.69, 9.17) is 0 Å². The van der Waals surface area contributed by atoms with E-state index >= 15 is 0 Å². The number of amides is 1. The number of alkyl halides is 3. The number of likely N-dealkylation sites (N-methyl/N-ethyl adjacent to an activating group) is 1. The van der Waals surface area contributed by atoms with Crippen molar-refractivity contribution >= 4 is 23.3 Å². The Labute approximate surface area is 222 Å². The normalized spacial score (nSPS) is 16.3. The molecule has 0 spiro atoms. The van der Waals surface area contributed by atoms with Gasteiger partial charge in [-0.25, -0.2) is 0 Å². The minimum atomic E-state index is -4.64. The van der Waals surface area contributed by atoms with E-state index in [2.05, 4.69) is 45.4 Å². The van der Waals surface area contributed by atoms with Gasteiger partial charge >= 0.3 is 6.18 Å². The van der Waals surface area contributed by atoms with Crippen LogP contribution in [0.5, 0.6) is 0 Å². The molecule has 1 aliphatic rings. The fourth-order valence-electron chi connectivity index (χ4n) is 4.31. The lowest BCUT2D eigenvalue weighted by Crippen LogP contribution is -2.30. The number of pyridine rings is 1. The van der Waals surface area contributed by atoms with Crippen molar-refractivity contribution in [1.82, 2.24) is 30.3 Å². The van der Waals surface area contributed by atoms with Crippen molar-refractivity contribution in [2.45, 2.75) is 57.8 Å². The molecular formula is C28H37F3N6O. The van der Waals surface area contributed by atoms with Gasteiger partial charge in [0.15, 0.2) is 0 Å². The maximum absolute atomic E-state index is 13.6.